The number of aliphatic hydroxyl groups is 1. The van der Waals surface area contributed by atoms with Gasteiger partial charge in [-0.3, -0.25) is 23.3 Å². The van der Waals surface area contributed by atoms with Crippen LogP contribution in [0.2, 0.25) is 0 Å². The SMILES string of the molecule is CN(C)C(=O)O[C@@](C)(C(=O)N[C@H](c1nc2ccc(-c3ccc(-c4ccc5nc([C@@H](NC(=O)[C@](C)(OC(O)N(C)C)C(C)(C)CF)C(C)(C)C)[nH]c5c4)cc3)cc2[nH]1)C(C)(C)C)C(C)(C)CF. The molecule has 360 valence electrons. The van der Waals surface area contributed by atoms with Gasteiger partial charge in [-0.1, -0.05) is 106 Å². The van der Waals surface area contributed by atoms with Crippen molar-refractivity contribution in [1.29, 1.82) is 0 Å². The number of rotatable bonds is 16. The van der Waals surface area contributed by atoms with Gasteiger partial charge >= 0.3 is 6.09 Å². The minimum atomic E-state index is -1.84. The van der Waals surface area contributed by atoms with Gasteiger partial charge in [-0.2, -0.15) is 0 Å². The number of carbonyl (C=O) groups excluding carboxylic acids is 3. The molecule has 0 saturated heterocycles. The summed E-state index contributed by atoms with van der Waals surface area (Å²) in [6, 6.07) is 18.7. The molecule has 0 aliphatic heterocycles. The molecule has 2 heterocycles. The second-order valence-electron chi connectivity index (χ2n) is 21.6. The van der Waals surface area contributed by atoms with Gasteiger partial charge < -0.3 is 40.1 Å². The van der Waals surface area contributed by atoms with E-state index in [-0.39, 0.29) is 0 Å². The van der Waals surface area contributed by atoms with E-state index in [0.717, 1.165) is 33.3 Å². The first-order chi connectivity index (χ1) is 30.4. The molecule has 5 aromatic rings. The average molecular weight is 917 g/mol. The number of carbonyl (C=O) groups is 3. The third-order valence-electron chi connectivity index (χ3n) is 12.9. The average Bonchev–Trinajstić information content (AvgIpc) is 3.86. The molecule has 66 heavy (non-hydrogen) atoms. The van der Waals surface area contributed by atoms with Crippen molar-refractivity contribution in [2.75, 3.05) is 41.5 Å². The fourth-order valence-corrected chi connectivity index (χ4v) is 7.32. The number of amides is 3. The van der Waals surface area contributed by atoms with E-state index in [2.05, 4.69) is 20.6 Å². The minimum Gasteiger partial charge on any atom is -0.432 e. The van der Waals surface area contributed by atoms with Gasteiger partial charge in [0, 0.05) is 24.9 Å². The molecule has 14 nitrogen and oxygen atoms in total. The Balaban J connectivity index is 1.40. The molecule has 2 aromatic heterocycles. The number of imidazole rings is 2. The van der Waals surface area contributed by atoms with Crippen LogP contribution in [0.4, 0.5) is 13.6 Å². The Morgan fingerprint density at radius 2 is 0.985 bits per heavy atom. The monoisotopic (exact) mass is 917 g/mol. The number of hydrogen-bond donors (Lipinski definition) is 5. The van der Waals surface area contributed by atoms with E-state index >= 15 is 0 Å². The summed E-state index contributed by atoms with van der Waals surface area (Å²) < 4.78 is 40.4. The summed E-state index contributed by atoms with van der Waals surface area (Å²) in [7, 11) is 6.19. The van der Waals surface area contributed by atoms with Crippen LogP contribution in [0, 0.1) is 21.7 Å². The van der Waals surface area contributed by atoms with Crippen LogP contribution in [-0.2, 0) is 19.1 Å². The number of nitrogens with zero attached hydrogens (tertiary/aromatic N) is 4. The Kier molecular flexibility index (Phi) is 14.6. The lowest BCUT2D eigenvalue weighted by molar-refractivity contribution is -0.259. The lowest BCUT2D eigenvalue weighted by Crippen LogP contribution is -2.60. The van der Waals surface area contributed by atoms with Gasteiger partial charge in [-0.25, -0.2) is 14.8 Å². The van der Waals surface area contributed by atoms with Gasteiger partial charge in [0.15, 0.2) is 11.2 Å². The van der Waals surface area contributed by atoms with Crippen LogP contribution in [0.15, 0.2) is 60.7 Å². The van der Waals surface area contributed by atoms with E-state index in [1.165, 1.54) is 37.7 Å². The molecule has 1 unspecified atom stereocenters. The highest BCUT2D eigenvalue weighted by Gasteiger charge is 2.53. The number of benzene rings is 3. The number of aromatic amines is 2. The van der Waals surface area contributed by atoms with Crippen molar-refractivity contribution in [2.24, 2.45) is 21.7 Å². The predicted molar refractivity (Wildman–Crippen MR) is 255 cm³/mol. The van der Waals surface area contributed by atoms with E-state index in [0.29, 0.717) is 22.7 Å². The van der Waals surface area contributed by atoms with Crippen molar-refractivity contribution in [3.8, 4) is 22.3 Å². The van der Waals surface area contributed by atoms with Gasteiger partial charge in [-0.05, 0) is 85.3 Å². The lowest BCUT2D eigenvalue weighted by Gasteiger charge is -2.44. The lowest BCUT2D eigenvalue weighted by atomic mass is 9.75. The van der Waals surface area contributed by atoms with Gasteiger partial charge in [0.25, 0.3) is 11.8 Å². The molecule has 0 aliphatic rings. The second-order valence-corrected chi connectivity index (χ2v) is 21.6. The number of ether oxygens (including phenoxy) is 2. The van der Waals surface area contributed by atoms with Crippen molar-refractivity contribution < 1.29 is 37.7 Å². The zero-order valence-electron chi connectivity index (χ0n) is 41.5. The van der Waals surface area contributed by atoms with Crippen molar-refractivity contribution in [2.45, 2.75) is 113 Å². The summed E-state index contributed by atoms with van der Waals surface area (Å²) in [6.07, 6.45) is -2.21. The number of hydrogen-bond acceptors (Lipinski definition) is 9. The van der Waals surface area contributed by atoms with Crippen LogP contribution in [0.1, 0.15) is 107 Å². The molecular formula is C50H70F2N8O6. The first-order valence-electron chi connectivity index (χ1n) is 22.2. The summed E-state index contributed by atoms with van der Waals surface area (Å²) in [5.41, 5.74) is -0.597. The standard InChI is InChI=1S/C50H70F2N8O6/c1-45(2,3)37(57-41(61)49(11,47(7,8)27-51)65-43(63)59(13)14)39-53-33-23-21-31(25-35(33)55-39)29-17-19-30(20-18-29)32-22-24-34-36(26-32)56-40(54-34)38(46(4,5)6)58-42(62)50(12,48(9,10)28-52)66-44(64)60(15)16/h17-26,37-38,43,63H,27-28H2,1-16H3,(H,53,55)(H,54,56)(H,57,61)(H,58,62)/t37-,38-,43?,49+,50+/m1/s1. The number of fused-ring (bicyclic) bond motifs is 2. The maximum atomic E-state index is 14.4. The van der Waals surface area contributed by atoms with E-state index in [4.69, 9.17) is 19.4 Å². The number of nitrogens with one attached hydrogen (secondary N) is 4. The summed E-state index contributed by atoms with van der Waals surface area (Å²) in [4.78, 5) is 60.0. The highest BCUT2D eigenvalue weighted by atomic mass is 19.1. The fraction of sp³-hybridized carbons (Fsp3) is 0.540. The number of alkyl halides is 2. The third-order valence-corrected chi connectivity index (χ3v) is 12.9. The highest BCUT2D eigenvalue weighted by molar-refractivity contribution is 5.89. The third kappa shape index (κ3) is 10.4. The van der Waals surface area contributed by atoms with E-state index < -0.39 is 82.6 Å². The zero-order valence-corrected chi connectivity index (χ0v) is 41.5. The van der Waals surface area contributed by atoms with Gasteiger partial charge in [-0.15, -0.1) is 0 Å². The quantitative estimate of drug-likeness (QED) is 0.0604. The Labute approximate surface area is 387 Å². The smallest absolute Gasteiger partial charge is 0.410 e. The maximum Gasteiger partial charge on any atom is 0.410 e. The molecule has 0 saturated carbocycles. The number of aliphatic hydroxyl groups excluding tert-OH is 1. The van der Waals surface area contributed by atoms with Gasteiger partial charge in [0.05, 0.1) is 47.5 Å². The molecule has 5 N–H and O–H groups in total. The van der Waals surface area contributed by atoms with E-state index in [1.54, 1.807) is 41.8 Å². The van der Waals surface area contributed by atoms with Crippen LogP contribution in [0.5, 0.6) is 0 Å². The van der Waals surface area contributed by atoms with Crippen molar-refractivity contribution in [3.05, 3.63) is 72.3 Å². The van der Waals surface area contributed by atoms with E-state index in [9.17, 15) is 28.3 Å². The normalized spacial score (nSPS) is 16.1. The van der Waals surface area contributed by atoms with Crippen LogP contribution in [0.25, 0.3) is 44.3 Å². The van der Waals surface area contributed by atoms with Crippen LogP contribution in [0.3, 0.4) is 0 Å². The Morgan fingerprint density at radius 1 is 0.621 bits per heavy atom. The topological polar surface area (TPSA) is 178 Å². The molecule has 5 atom stereocenters. The fourth-order valence-electron chi connectivity index (χ4n) is 7.32. The first-order valence-corrected chi connectivity index (χ1v) is 22.2. The van der Waals surface area contributed by atoms with Crippen LogP contribution >= 0.6 is 0 Å². The van der Waals surface area contributed by atoms with Gasteiger partial charge in [0.1, 0.15) is 11.6 Å². The Bertz CT molecular complexity index is 2540. The molecule has 0 aliphatic carbocycles. The van der Waals surface area contributed by atoms with Gasteiger partial charge in [0.2, 0.25) is 6.41 Å². The van der Waals surface area contributed by atoms with Crippen molar-refractivity contribution in [3.63, 3.8) is 0 Å². The first kappa shape index (κ1) is 51.5. The predicted octanol–water partition coefficient (Wildman–Crippen LogP) is 9.24. The van der Waals surface area contributed by atoms with Crippen LogP contribution in [-0.4, -0.2) is 112 Å². The molecule has 5 rings (SSSR count). The zero-order chi connectivity index (χ0) is 49.5. The number of aromatic nitrogens is 4. The summed E-state index contributed by atoms with van der Waals surface area (Å²) >= 11 is 0. The minimum absolute atomic E-state index is 0.499. The molecule has 3 aromatic carbocycles. The molecule has 3 amide bonds. The molecule has 0 spiro atoms. The molecule has 0 bridgehead atoms. The summed E-state index contributed by atoms with van der Waals surface area (Å²) in [5, 5.41) is 16.7. The molecule has 0 radical (unpaired) electrons. The van der Waals surface area contributed by atoms with Crippen molar-refractivity contribution >= 4 is 40.0 Å². The summed E-state index contributed by atoms with van der Waals surface area (Å²) in [5.74, 6) is -0.204. The highest BCUT2D eigenvalue weighted by Crippen LogP contribution is 2.41. The Morgan fingerprint density at radius 3 is 1.33 bits per heavy atom. The second kappa shape index (κ2) is 18.7. The Hall–Kier alpha value is -5.45. The number of halogens is 2. The molecule has 16 heteroatoms. The summed E-state index contributed by atoms with van der Waals surface area (Å²) in [6.45, 7) is 19.2. The van der Waals surface area contributed by atoms with Crippen LogP contribution < -0.4 is 10.6 Å². The molecular weight excluding hydrogens is 847 g/mol. The molecule has 0 fully saturated rings. The maximum absolute atomic E-state index is 14.4. The van der Waals surface area contributed by atoms with Crippen molar-refractivity contribution in [1.82, 2.24) is 40.4 Å². The number of H-pyrrole nitrogens is 2. The van der Waals surface area contributed by atoms with E-state index in [1.807, 2.05) is 102 Å². The largest absolute Gasteiger partial charge is 0.432 e.